The summed E-state index contributed by atoms with van der Waals surface area (Å²) in [5.74, 6) is 0.462. The highest BCUT2D eigenvalue weighted by molar-refractivity contribution is 5.93. The summed E-state index contributed by atoms with van der Waals surface area (Å²) in [6, 6.07) is 25.5. The summed E-state index contributed by atoms with van der Waals surface area (Å²) in [5.41, 5.74) is 5.36. The van der Waals surface area contributed by atoms with Gasteiger partial charge in [0, 0.05) is 30.8 Å². The van der Waals surface area contributed by atoms with Gasteiger partial charge in [-0.25, -0.2) is 19.2 Å². The van der Waals surface area contributed by atoms with Crippen molar-refractivity contribution >= 4 is 17.0 Å². The van der Waals surface area contributed by atoms with Gasteiger partial charge in [-0.05, 0) is 54.8 Å². The Hall–Kier alpha value is -5.07. The molecule has 1 saturated carbocycles. The first-order chi connectivity index (χ1) is 21.0. The lowest BCUT2D eigenvalue weighted by Crippen LogP contribution is -2.18. The number of methoxy groups -OCH3 is 2. The molecule has 3 aromatic carbocycles. The van der Waals surface area contributed by atoms with Crippen LogP contribution in [0, 0.1) is 17.1 Å². The highest BCUT2D eigenvalue weighted by atomic mass is 19.1. The molecule has 1 fully saturated rings. The van der Waals surface area contributed by atoms with Crippen molar-refractivity contribution in [3.05, 3.63) is 113 Å². The number of nitrogens with zero attached hydrogens (tertiary/aromatic N) is 4. The van der Waals surface area contributed by atoms with E-state index in [9.17, 15) is 9.18 Å². The van der Waals surface area contributed by atoms with Crippen molar-refractivity contribution in [1.82, 2.24) is 14.5 Å². The number of aromatic nitrogens is 3. The van der Waals surface area contributed by atoms with Gasteiger partial charge in [-0.2, -0.15) is 5.26 Å². The van der Waals surface area contributed by atoms with Gasteiger partial charge < -0.3 is 18.8 Å². The van der Waals surface area contributed by atoms with E-state index >= 15 is 0 Å². The summed E-state index contributed by atoms with van der Waals surface area (Å²) in [6.45, 7) is 1.12. The van der Waals surface area contributed by atoms with Crippen molar-refractivity contribution in [1.29, 1.82) is 5.26 Å². The number of carbonyl (C=O) groups is 1. The standard InChI is InChI=1S/C34H29FN4O4/c1-41-17-16-39-30-19-24(32(40)42-2)10-13-29(30)38-33(39)34(14-15-34)26-11-8-23(9-12-26)28-4-3-5-31(37-28)43-21-25-7-6-22(20-36)18-27(25)35/h3-13,18-19H,14-17,21H2,1-2H3. The lowest BCUT2D eigenvalue weighted by Gasteiger charge is -2.18. The zero-order chi connectivity index (χ0) is 30.0. The molecule has 1 aliphatic rings. The van der Waals surface area contributed by atoms with E-state index in [1.54, 1.807) is 31.4 Å². The van der Waals surface area contributed by atoms with E-state index in [0.29, 0.717) is 30.2 Å². The molecule has 2 heterocycles. The molecule has 0 amide bonds. The third-order valence-electron chi connectivity index (χ3n) is 7.88. The molecule has 1 aliphatic carbocycles. The van der Waals surface area contributed by atoms with Crippen molar-refractivity contribution in [2.75, 3.05) is 20.8 Å². The molecule has 0 saturated heterocycles. The van der Waals surface area contributed by atoms with Gasteiger partial charge in [0.15, 0.2) is 0 Å². The Kier molecular flexibility index (Phi) is 7.61. The van der Waals surface area contributed by atoms with E-state index in [2.05, 4.69) is 21.7 Å². The number of carbonyl (C=O) groups excluding carboxylic acids is 1. The number of imidazole rings is 1. The van der Waals surface area contributed by atoms with Crippen LogP contribution < -0.4 is 4.74 Å². The van der Waals surface area contributed by atoms with Crippen LogP contribution in [0.1, 0.15) is 45.7 Å². The van der Waals surface area contributed by atoms with Crippen molar-refractivity contribution in [2.45, 2.75) is 31.4 Å². The zero-order valence-electron chi connectivity index (χ0n) is 23.8. The van der Waals surface area contributed by atoms with E-state index in [1.165, 1.54) is 13.2 Å². The zero-order valence-corrected chi connectivity index (χ0v) is 23.8. The van der Waals surface area contributed by atoms with Crippen LogP contribution in [0.15, 0.2) is 78.9 Å². The van der Waals surface area contributed by atoms with Crippen molar-refractivity contribution in [2.24, 2.45) is 0 Å². The molecule has 0 atom stereocenters. The SMILES string of the molecule is COCCn1c(C2(c3ccc(-c4cccc(OCc5ccc(C#N)cc5F)n4)cc3)CC2)nc2ccc(C(=O)OC)cc21. The molecule has 8 nitrogen and oxygen atoms in total. The van der Waals surface area contributed by atoms with Gasteiger partial charge in [0.25, 0.3) is 0 Å². The molecule has 0 spiro atoms. The van der Waals surface area contributed by atoms with Gasteiger partial charge in [0.2, 0.25) is 5.88 Å². The number of halogens is 1. The Balaban J connectivity index is 1.26. The predicted octanol–water partition coefficient (Wildman–Crippen LogP) is 6.20. The fourth-order valence-electron chi connectivity index (χ4n) is 5.41. The number of benzene rings is 3. The smallest absolute Gasteiger partial charge is 0.337 e. The Bertz CT molecular complexity index is 1860. The van der Waals surface area contributed by atoms with E-state index in [0.717, 1.165) is 46.5 Å². The maximum atomic E-state index is 14.3. The van der Waals surface area contributed by atoms with Crippen LogP contribution >= 0.6 is 0 Å². The van der Waals surface area contributed by atoms with Crippen LogP contribution in [0.3, 0.4) is 0 Å². The number of esters is 1. The van der Waals surface area contributed by atoms with Crippen LogP contribution in [0.25, 0.3) is 22.3 Å². The van der Waals surface area contributed by atoms with Gasteiger partial charge in [0.05, 0.1) is 53.1 Å². The summed E-state index contributed by atoms with van der Waals surface area (Å²) in [6.07, 6.45) is 1.92. The Morgan fingerprint density at radius 2 is 1.84 bits per heavy atom. The third kappa shape index (κ3) is 5.45. The van der Waals surface area contributed by atoms with Crippen LogP contribution in [-0.2, 0) is 28.0 Å². The summed E-state index contributed by atoms with van der Waals surface area (Å²) < 4.78 is 32.5. The predicted molar refractivity (Wildman–Crippen MR) is 158 cm³/mol. The third-order valence-corrected chi connectivity index (χ3v) is 7.88. The summed E-state index contributed by atoms with van der Waals surface area (Å²) >= 11 is 0. The number of hydrogen-bond acceptors (Lipinski definition) is 7. The average Bonchev–Trinajstić information content (AvgIpc) is 3.78. The van der Waals surface area contributed by atoms with Gasteiger partial charge in [-0.1, -0.05) is 36.4 Å². The average molecular weight is 577 g/mol. The molecule has 0 aliphatic heterocycles. The molecule has 0 unspecified atom stereocenters. The van der Waals surface area contributed by atoms with E-state index in [-0.39, 0.29) is 23.6 Å². The van der Waals surface area contributed by atoms with Gasteiger partial charge in [-0.15, -0.1) is 0 Å². The van der Waals surface area contributed by atoms with Crippen LogP contribution in [0.2, 0.25) is 0 Å². The first-order valence-corrected chi connectivity index (χ1v) is 13.9. The molecule has 5 aromatic rings. The van der Waals surface area contributed by atoms with Gasteiger partial charge >= 0.3 is 5.97 Å². The van der Waals surface area contributed by atoms with Crippen LogP contribution in [0.4, 0.5) is 4.39 Å². The summed E-state index contributed by atoms with van der Waals surface area (Å²) in [4.78, 5) is 21.9. The first-order valence-electron chi connectivity index (χ1n) is 13.9. The molecular weight excluding hydrogens is 547 g/mol. The monoisotopic (exact) mass is 576 g/mol. The maximum absolute atomic E-state index is 14.3. The van der Waals surface area contributed by atoms with E-state index in [4.69, 9.17) is 24.5 Å². The minimum Gasteiger partial charge on any atom is -0.473 e. The minimum absolute atomic E-state index is 0.000642. The largest absolute Gasteiger partial charge is 0.473 e. The maximum Gasteiger partial charge on any atom is 0.337 e. The molecule has 216 valence electrons. The Labute approximate surface area is 248 Å². The molecular formula is C34H29FN4O4. The summed E-state index contributed by atoms with van der Waals surface area (Å²) in [7, 11) is 3.05. The summed E-state index contributed by atoms with van der Waals surface area (Å²) in [5, 5.41) is 8.95. The second-order valence-electron chi connectivity index (χ2n) is 10.5. The topological polar surface area (TPSA) is 99.3 Å². The minimum atomic E-state index is -0.487. The van der Waals surface area contributed by atoms with Crippen LogP contribution in [-0.4, -0.2) is 41.3 Å². The lowest BCUT2D eigenvalue weighted by molar-refractivity contribution is 0.0601. The number of pyridine rings is 1. The molecule has 0 radical (unpaired) electrons. The molecule has 6 rings (SSSR count). The molecule has 0 N–H and O–H groups in total. The number of hydrogen-bond donors (Lipinski definition) is 0. The van der Waals surface area contributed by atoms with Crippen molar-refractivity contribution < 1.29 is 23.4 Å². The number of ether oxygens (including phenoxy) is 3. The molecule has 9 heteroatoms. The van der Waals surface area contributed by atoms with Crippen molar-refractivity contribution in [3.63, 3.8) is 0 Å². The highest BCUT2D eigenvalue weighted by Gasteiger charge is 2.49. The normalized spacial score (nSPS) is 13.4. The van der Waals surface area contributed by atoms with E-state index in [1.807, 2.05) is 42.5 Å². The van der Waals surface area contributed by atoms with E-state index < -0.39 is 5.82 Å². The molecule has 2 aromatic heterocycles. The van der Waals surface area contributed by atoms with Gasteiger partial charge in [0.1, 0.15) is 18.2 Å². The number of fused-ring (bicyclic) bond motifs is 1. The highest BCUT2D eigenvalue weighted by Crippen LogP contribution is 2.53. The second kappa shape index (κ2) is 11.7. The Morgan fingerprint density at radius 1 is 1.02 bits per heavy atom. The van der Waals surface area contributed by atoms with Crippen LogP contribution in [0.5, 0.6) is 5.88 Å². The molecule has 0 bridgehead atoms. The Morgan fingerprint density at radius 3 is 2.53 bits per heavy atom. The fourth-order valence-corrected chi connectivity index (χ4v) is 5.41. The first kappa shape index (κ1) is 28.1. The number of nitriles is 1. The van der Waals surface area contributed by atoms with Gasteiger partial charge in [-0.3, -0.25) is 0 Å². The second-order valence-corrected chi connectivity index (χ2v) is 10.5. The molecule has 43 heavy (non-hydrogen) atoms. The van der Waals surface area contributed by atoms with Crippen molar-refractivity contribution in [3.8, 4) is 23.2 Å². The fraction of sp³-hybridized carbons (Fsp3) is 0.235. The quantitative estimate of drug-likeness (QED) is 0.183. The lowest BCUT2D eigenvalue weighted by atomic mass is 9.93. The number of rotatable bonds is 10.